The topological polar surface area (TPSA) is 105 Å². The van der Waals surface area contributed by atoms with E-state index in [4.69, 9.17) is 9.47 Å². The second-order valence-electron chi connectivity index (χ2n) is 7.48. The summed E-state index contributed by atoms with van der Waals surface area (Å²) >= 11 is 1.33. The molecule has 0 aliphatic heterocycles. The Kier molecular flexibility index (Phi) is 7.60. The molecule has 0 saturated heterocycles. The summed E-state index contributed by atoms with van der Waals surface area (Å²) < 4.78 is 10.5. The van der Waals surface area contributed by atoms with Crippen molar-refractivity contribution >= 4 is 17.7 Å². The number of ether oxygens (including phenoxy) is 2. The number of carbonyl (C=O) groups is 1. The molecule has 0 aliphatic rings. The Balaban J connectivity index is 1.49. The van der Waals surface area contributed by atoms with Gasteiger partial charge < -0.3 is 14.5 Å². The smallest absolute Gasteiger partial charge is 0.337 e. The Hall–Kier alpha value is -4.35. The lowest BCUT2D eigenvalue weighted by Gasteiger charge is -2.09. The number of aromatic amines is 1. The maximum atomic E-state index is 12.5. The highest BCUT2D eigenvalue weighted by molar-refractivity contribution is 7.98. The third kappa shape index (κ3) is 5.96. The van der Waals surface area contributed by atoms with Crippen LogP contribution < -0.4 is 10.3 Å². The second-order valence-corrected chi connectivity index (χ2v) is 8.45. The molecule has 4 aromatic rings. The van der Waals surface area contributed by atoms with Crippen LogP contribution in [0.2, 0.25) is 0 Å². The van der Waals surface area contributed by atoms with Gasteiger partial charge in [-0.05, 0) is 47.5 Å². The van der Waals surface area contributed by atoms with Gasteiger partial charge >= 0.3 is 5.97 Å². The van der Waals surface area contributed by atoms with Crippen molar-refractivity contribution < 1.29 is 14.3 Å². The molecule has 0 radical (unpaired) electrons. The Morgan fingerprint density at radius 2 is 1.71 bits per heavy atom. The van der Waals surface area contributed by atoms with Gasteiger partial charge in [0.1, 0.15) is 24.0 Å². The van der Waals surface area contributed by atoms with Crippen molar-refractivity contribution in [1.82, 2.24) is 9.97 Å². The quantitative estimate of drug-likeness (QED) is 0.214. The average Bonchev–Trinajstić information content (AvgIpc) is 2.91. The SMILES string of the molecule is COC(=O)c1ccc(CSc2nc(-c3ccc(OCc4ccccc4)cc3)c(C#N)c(=O)[nH]2)cc1. The monoisotopic (exact) mass is 483 g/mol. The maximum Gasteiger partial charge on any atom is 0.337 e. The molecule has 0 fully saturated rings. The Morgan fingerprint density at radius 3 is 2.37 bits per heavy atom. The average molecular weight is 484 g/mol. The number of methoxy groups -OCH3 is 1. The number of esters is 1. The van der Waals surface area contributed by atoms with Crippen molar-refractivity contribution in [2.24, 2.45) is 0 Å². The highest BCUT2D eigenvalue weighted by Crippen LogP contribution is 2.26. The number of hydrogen-bond acceptors (Lipinski definition) is 7. The van der Waals surface area contributed by atoms with Gasteiger partial charge in [-0.1, -0.05) is 54.2 Å². The molecular weight excluding hydrogens is 462 g/mol. The molecule has 3 aromatic carbocycles. The Bertz CT molecular complexity index is 1410. The van der Waals surface area contributed by atoms with Crippen molar-refractivity contribution in [1.29, 1.82) is 5.26 Å². The molecule has 1 aromatic heterocycles. The number of nitrogens with zero attached hydrogens (tertiary/aromatic N) is 2. The molecule has 0 amide bonds. The first-order valence-corrected chi connectivity index (χ1v) is 11.7. The molecule has 4 rings (SSSR count). The number of nitrogens with one attached hydrogen (secondary N) is 1. The van der Waals surface area contributed by atoms with Crippen molar-refractivity contribution in [3.8, 4) is 23.1 Å². The molecule has 0 unspecified atom stereocenters. The fourth-order valence-corrected chi connectivity index (χ4v) is 4.11. The van der Waals surface area contributed by atoms with E-state index in [9.17, 15) is 14.9 Å². The molecule has 7 nitrogen and oxygen atoms in total. The summed E-state index contributed by atoms with van der Waals surface area (Å²) in [7, 11) is 1.34. The van der Waals surface area contributed by atoms with Crippen LogP contribution in [0.15, 0.2) is 88.8 Å². The van der Waals surface area contributed by atoms with Crippen LogP contribution in [-0.4, -0.2) is 23.0 Å². The van der Waals surface area contributed by atoms with Crippen molar-refractivity contribution in [2.75, 3.05) is 7.11 Å². The molecule has 35 heavy (non-hydrogen) atoms. The first-order valence-electron chi connectivity index (χ1n) is 10.7. The number of nitriles is 1. The summed E-state index contributed by atoms with van der Waals surface area (Å²) in [6, 6.07) is 25.9. The molecule has 0 saturated carbocycles. The van der Waals surface area contributed by atoms with Crippen LogP contribution in [-0.2, 0) is 17.1 Å². The lowest BCUT2D eigenvalue weighted by molar-refractivity contribution is 0.0600. The predicted octanol–water partition coefficient (Wildman–Crippen LogP) is 4.97. The summed E-state index contributed by atoms with van der Waals surface area (Å²) in [4.78, 5) is 31.3. The minimum absolute atomic E-state index is 0.0465. The van der Waals surface area contributed by atoms with Crippen LogP contribution in [0.5, 0.6) is 5.75 Å². The molecular formula is C27H21N3O4S. The molecule has 1 N–H and O–H groups in total. The van der Waals surface area contributed by atoms with Crippen LogP contribution in [0.3, 0.4) is 0 Å². The minimum atomic E-state index is -0.495. The summed E-state index contributed by atoms with van der Waals surface area (Å²) in [5.41, 5.74) is 2.88. The summed E-state index contributed by atoms with van der Waals surface area (Å²) in [6.07, 6.45) is 0. The van der Waals surface area contributed by atoms with Crippen LogP contribution in [0.1, 0.15) is 27.0 Å². The van der Waals surface area contributed by atoms with E-state index in [-0.39, 0.29) is 5.56 Å². The minimum Gasteiger partial charge on any atom is -0.489 e. The van der Waals surface area contributed by atoms with Crippen molar-refractivity contribution in [2.45, 2.75) is 17.5 Å². The van der Waals surface area contributed by atoms with Crippen molar-refractivity contribution in [3.63, 3.8) is 0 Å². The molecule has 0 atom stereocenters. The zero-order valence-corrected chi connectivity index (χ0v) is 19.7. The zero-order valence-electron chi connectivity index (χ0n) is 18.9. The summed E-state index contributed by atoms with van der Waals surface area (Å²) in [5, 5.41) is 9.93. The normalized spacial score (nSPS) is 10.4. The highest BCUT2D eigenvalue weighted by atomic mass is 32.2. The predicted molar refractivity (Wildman–Crippen MR) is 133 cm³/mol. The standard InChI is InChI=1S/C27H21N3O4S/c1-33-26(32)21-9-7-19(8-10-21)17-35-27-29-24(23(15-28)25(31)30-27)20-11-13-22(14-12-20)34-16-18-5-3-2-4-6-18/h2-14H,16-17H2,1H3,(H,29,30,31). The molecule has 8 heteroatoms. The van der Waals surface area contributed by atoms with E-state index in [0.29, 0.717) is 40.1 Å². The van der Waals surface area contributed by atoms with Gasteiger partial charge in [-0.15, -0.1) is 0 Å². The van der Waals surface area contributed by atoms with Gasteiger partial charge in [0.15, 0.2) is 5.16 Å². The first kappa shape index (κ1) is 23.8. The van der Waals surface area contributed by atoms with E-state index in [1.165, 1.54) is 18.9 Å². The fourth-order valence-electron chi connectivity index (χ4n) is 3.29. The zero-order chi connectivity index (χ0) is 24.6. The van der Waals surface area contributed by atoms with Crippen LogP contribution >= 0.6 is 11.8 Å². The lowest BCUT2D eigenvalue weighted by atomic mass is 10.1. The van der Waals surface area contributed by atoms with Crippen molar-refractivity contribution in [3.05, 3.63) is 111 Å². The maximum absolute atomic E-state index is 12.5. The number of aromatic nitrogens is 2. The Morgan fingerprint density at radius 1 is 1.00 bits per heavy atom. The van der Waals surface area contributed by atoms with Gasteiger partial charge in [-0.2, -0.15) is 5.26 Å². The number of hydrogen-bond donors (Lipinski definition) is 1. The van der Waals surface area contributed by atoms with E-state index in [1.54, 1.807) is 36.4 Å². The number of benzene rings is 3. The summed E-state index contributed by atoms with van der Waals surface area (Å²) in [6.45, 7) is 0.439. The summed E-state index contributed by atoms with van der Waals surface area (Å²) in [5.74, 6) is 0.788. The van der Waals surface area contributed by atoms with E-state index in [1.807, 2.05) is 48.5 Å². The molecule has 1 heterocycles. The molecule has 0 spiro atoms. The lowest BCUT2D eigenvalue weighted by Crippen LogP contribution is -2.14. The first-order chi connectivity index (χ1) is 17.1. The molecule has 0 aliphatic carbocycles. The third-order valence-corrected chi connectivity index (χ3v) is 6.08. The van der Waals surface area contributed by atoms with E-state index >= 15 is 0 Å². The Labute approximate surface area is 206 Å². The van der Waals surface area contributed by atoms with Gasteiger partial charge in [-0.25, -0.2) is 9.78 Å². The van der Waals surface area contributed by atoms with Crippen LogP contribution in [0.4, 0.5) is 0 Å². The van der Waals surface area contributed by atoms with Gasteiger partial charge in [0.2, 0.25) is 0 Å². The van der Waals surface area contributed by atoms with Gasteiger partial charge in [0.25, 0.3) is 5.56 Å². The van der Waals surface area contributed by atoms with Crippen LogP contribution in [0, 0.1) is 11.3 Å². The number of H-pyrrole nitrogens is 1. The molecule has 174 valence electrons. The number of rotatable bonds is 8. The van der Waals surface area contributed by atoms with E-state index < -0.39 is 11.5 Å². The van der Waals surface area contributed by atoms with Gasteiger partial charge in [0.05, 0.1) is 18.4 Å². The van der Waals surface area contributed by atoms with Crippen LogP contribution in [0.25, 0.3) is 11.3 Å². The largest absolute Gasteiger partial charge is 0.489 e. The number of carbonyl (C=O) groups excluding carboxylic acids is 1. The molecule has 0 bridgehead atoms. The number of thioether (sulfide) groups is 1. The van der Waals surface area contributed by atoms with Gasteiger partial charge in [0, 0.05) is 11.3 Å². The third-order valence-electron chi connectivity index (χ3n) is 5.14. The van der Waals surface area contributed by atoms with E-state index in [0.717, 1.165) is 11.1 Å². The highest BCUT2D eigenvalue weighted by Gasteiger charge is 2.14. The van der Waals surface area contributed by atoms with E-state index in [2.05, 4.69) is 9.97 Å². The van der Waals surface area contributed by atoms with Gasteiger partial charge in [-0.3, -0.25) is 4.79 Å². The fraction of sp³-hybridized carbons (Fsp3) is 0.111. The second kappa shape index (κ2) is 11.2.